The Kier molecular flexibility index (Phi) is 2.88. The van der Waals surface area contributed by atoms with Crippen LogP contribution in [0.25, 0.3) is 0 Å². The van der Waals surface area contributed by atoms with Gasteiger partial charge in [-0.05, 0) is 37.5 Å². The van der Waals surface area contributed by atoms with Gasteiger partial charge >= 0.3 is 0 Å². The van der Waals surface area contributed by atoms with Gasteiger partial charge in [-0.2, -0.15) is 5.10 Å². The highest BCUT2D eigenvalue weighted by molar-refractivity contribution is 5.07. The Morgan fingerprint density at radius 2 is 2.26 bits per heavy atom. The van der Waals surface area contributed by atoms with Gasteiger partial charge < -0.3 is 4.74 Å². The topological polar surface area (TPSA) is 30.3 Å². The summed E-state index contributed by atoms with van der Waals surface area (Å²) in [4.78, 5) is 2.62. The third kappa shape index (κ3) is 2.43. The molecule has 4 rings (SSSR count). The average molecular weight is 261 g/mol. The van der Waals surface area contributed by atoms with E-state index in [-0.39, 0.29) is 0 Å². The lowest BCUT2D eigenvalue weighted by atomic mass is 10.1. The van der Waals surface area contributed by atoms with Crippen molar-refractivity contribution in [3.05, 3.63) is 18.0 Å². The molecule has 0 N–H and O–H groups in total. The number of hydrogen-bond donors (Lipinski definition) is 0. The zero-order chi connectivity index (χ0) is 12.8. The lowest BCUT2D eigenvalue weighted by Gasteiger charge is -2.31. The highest BCUT2D eigenvalue weighted by Gasteiger charge is 2.45. The highest BCUT2D eigenvalue weighted by Crippen LogP contribution is 2.41. The number of aromatic nitrogens is 2. The van der Waals surface area contributed by atoms with Gasteiger partial charge in [0, 0.05) is 44.5 Å². The second kappa shape index (κ2) is 4.60. The van der Waals surface area contributed by atoms with Gasteiger partial charge in [0.25, 0.3) is 0 Å². The van der Waals surface area contributed by atoms with Crippen LogP contribution in [0.5, 0.6) is 0 Å². The molecule has 1 aromatic rings. The van der Waals surface area contributed by atoms with Crippen molar-refractivity contribution in [2.24, 2.45) is 18.9 Å². The lowest BCUT2D eigenvalue weighted by Crippen LogP contribution is -2.38. The molecule has 0 radical (unpaired) electrons. The first-order valence-corrected chi connectivity index (χ1v) is 7.61. The van der Waals surface area contributed by atoms with E-state index >= 15 is 0 Å². The molecule has 4 nitrogen and oxygen atoms in total. The van der Waals surface area contributed by atoms with Crippen molar-refractivity contribution in [3.8, 4) is 0 Å². The van der Waals surface area contributed by atoms with Gasteiger partial charge in [-0.15, -0.1) is 0 Å². The molecule has 19 heavy (non-hydrogen) atoms. The summed E-state index contributed by atoms with van der Waals surface area (Å²) in [6.45, 7) is 3.30. The van der Waals surface area contributed by atoms with Crippen LogP contribution in [0.15, 0.2) is 12.4 Å². The van der Waals surface area contributed by atoms with E-state index in [0.29, 0.717) is 6.10 Å². The fourth-order valence-electron chi connectivity index (χ4n) is 3.73. The molecule has 3 atom stereocenters. The first-order valence-electron chi connectivity index (χ1n) is 7.61. The minimum absolute atomic E-state index is 0.552. The van der Waals surface area contributed by atoms with Crippen LogP contribution < -0.4 is 0 Å². The van der Waals surface area contributed by atoms with Crippen molar-refractivity contribution in [2.45, 2.75) is 44.4 Å². The molecule has 1 saturated heterocycles. The molecule has 2 heterocycles. The predicted octanol–water partition coefficient (Wildman–Crippen LogP) is 1.81. The zero-order valence-corrected chi connectivity index (χ0v) is 11.7. The van der Waals surface area contributed by atoms with Gasteiger partial charge in [0.2, 0.25) is 0 Å². The normalized spacial score (nSPS) is 34.3. The van der Waals surface area contributed by atoms with Crippen molar-refractivity contribution in [1.82, 2.24) is 14.7 Å². The highest BCUT2D eigenvalue weighted by atomic mass is 16.5. The summed E-state index contributed by atoms with van der Waals surface area (Å²) in [7, 11) is 1.99. The maximum atomic E-state index is 6.12. The SMILES string of the molecule is Cn1cc(CN2CC3CC2CC3OCC2CC2)cn1. The lowest BCUT2D eigenvalue weighted by molar-refractivity contribution is -0.00661. The van der Waals surface area contributed by atoms with Gasteiger partial charge in [-0.1, -0.05) is 0 Å². The van der Waals surface area contributed by atoms with Crippen LogP contribution in [0.3, 0.4) is 0 Å². The number of rotatable bonds is 5. The zero-order valence-electron chi connectivity index (χ0n) is 11.7. The van der Waals surface area contributed by atoms with E-state index < -0.39 is 0 Å². The molecule has 2 aliphatic carbocycles. The summed E-state index contributed by atoms with van der Waals surface area (Å²) >= 11 is 0. The first-order chi connectivity index (χ1) is 9.28. The molecule has 0 amide bonds. The standard InChI is InChI=1S/C15H23N3O/c1-17-7-12(6-16-17)8-18-9-13-4-14(18)5-15(13)19-10-11-2-3-11/h6-7,11,13-15H,2-5,8-10H2,1H3. The van der Waals surface area contributed by atoms with Crippen molar-refractivity contribution in [2.75, 3.05) is 13.2 Å². The van der Waals surface area contributed by atoms with Gasteiger partial charge in [0.1, 0.15) is 0 Å². The Morgan fingerprint density at radius 1 is 1.37 bits per heavy atom. The van der Waals surface area contributed by atoms with E-state index in [1.165, 1.54) is 37.8 Å². The molecule has 4 heteroatoms. The summed E-state index contributed by atoms with van der Waals surface area (Å²) in [6, 6.07) is 0.745. The van der Waals surface area contributed by atoms with Gasteiger partial charge in [-0.25, -0.2) is 0 Å². The van der Waals surface area contributed by atoms with E-state index in [4.69, 9.17) is 4.74 Å². The molecular weight excluding hydrogens is 238 g/mol. The molecule has 0 spiro atoms. The molecule has 1 aliphatic heterocycles. The molecule has 3 unspecified atom stereocenters. The minimum atomic E-state index is 0.552. The van der Waals surface area contributed by atoms with Crippen molar-refractivity contribution >= 4 is 0 Å². The van der Waals surface area contributed by atoms with Crippen LogP contribution in [0.1, 0.15) is 31.2 Å². The maximum absolute atomic E-state index is 6.12. The van der Waals surface area contributed by atoms with Gasteiger partial charge in [0.15, 0.2) is 0 Å². The van der Waals surface area contributed by atoms with Crippen LogP contribution in [0.2, 0.25) is 0 Å². The Balaban J connectivity index is 1.31. The number of hydrogen-bond acceptors (Lipinski definition) is 3. The van der Waals surface area contributed by atoms with Crippen LogP contribution >= 0.6 is 0 Å². The van der Waals surface area contributed by atoms with E-state index in [9.17, 15) is 0 Å². The summed E-state index contributed by atoms with van der Waals surface area (Å²) in [5.41, 5.74) is 1.34. The first kappa shape index (κ1) is 11.9. The van der Waals surface area contributed by atoms with Gasteiger partial charge in [0.05, 0.1) is 12.3 Å². The van der Waals surface area contributed by atoms with Crippen molar-refractivity contribution in [3.63, 3.8) is 0 Å². The Bertz CT molecular complexity index is 454. The smallest absolute Gasteiger partial charge is 0.0631 e. The third-order valence-corrected chi connectivity index (χ3v) is 4.98. The fraction of sp³-hybridized carbons (Fsp3) is 0.800. The summed E-state index contributed by atoms with van der Waals surface area (Å²) in [6.07, 6.45) is 10.1. The number of fused-ring (bicyclic) bond motifs is 2. The molecule has 0 aromatic carbocycles. The molecule has 2 saturated carbocycles. The molecule has 3 aliphatic rings. The molecular formula is C15H23N3O. The summed E-state index contributed by atoms with van der Waals surface area (Å²) < 4.78 is 8.01. The van der Waals surface area contributed by atoms with E-state index in [2.05, 4.69) is 16.2 Å². The van der Waals surface area contributed by atoms with Crippen LogP contribution in [0.4, 0.5) is 0 Å². The Morgan fingerprint density at radius 3 is 2.89 bits per heavy atom. The van der Waals surface area contributed by atoms with Crippen molar-refractivity contribution < 1.29 is 4.74 Å². The van der Waals surface area contributed by atoms with E-state index in [0.717, 1.165) is 31.0 Å². The molecule has 104 valence electrons. The van der Waals surface area contributed by atoms with E-state index in [1.54, 1.807) is 0 Å². The summed E-state index contributed by atoms with van der Waals surface area (Å²) in [5, 5.41) is 4.26. The monoisotopic (exact) mass is 261 g/mol. The molecule has 2 bridgehead atoms. The number of ether oxygens (including phenoxy) is 1. The Labute approximate surface area is 114 Å². The number of nitrogens with zero attached hydrogens (tertiary/aromatic N) is 3. The third-order valence-electron chi connectivity index (χ3n) is 4.98. The van der Waals surface area contributed by atoms with Crippen LogP contribution in [-0.2, 0) is 18.3 Å². The van der Waals surface area contributed by atoms with Crippen molar-refractivity contribution in [1.29, 1.82) is 0 Å². The second-order valence-corrected chi connectivity index (χ2v) is 6.65. The minimum Gasteiger partial charge on any atom is -0.378 e. The quantitative estimate of drug-likeness (QED) is 0.810. The van der Waals surface area contributed by atoms with Crippen LogP contribution in [-0.4, -0.2) is 40.0 Å². The molecule has 1 aromatic heterocycles. The maximum Gasteiger partial charge on any atom is 0.0631 e. The Hall–Kier alpha value is -0.870. The largest absolute Gasteiger partial charge is 0.378 e. The predicted molar refractivity (Wildman–Crippen MR) is 72.6 cm³/mol. The second-order valence-electron chi connectivity index (χ2n) is 6.65. The average Bonchev–Trinajstić information content (AvgIpc) is 2.82. The van der Waals surface area contributed by atoms with Crippen LogP contribution in [0, 0.1) is 11.8 Å². The number of aryl methyl sites for hydroxylation is 1. The van der Waals surface area contributed by atoms with Gasteiger partial charge in [-0.3, -0.25) is 9.58 Å². The molecule has 3 fully saturated rings. The fourth-order valence-corrected chi connectivity index (χ4v) is 3.73. The number of likely N-dealkylation sites (tertiary alicyclic amines) is 1. The summed E-state index contributed by atoms with van der Waals surface area (Å²) in [5.74, 6) is 1.67. The number of piperidine rings is 1. The van der Waals surface area contributed by atoms with E-state index in [1.807, 2.05) is 17.9 Å².